The van der Waals surface area contributed by atoms with Gasteiger partial charge in [0.25, 0.3) is 5.91 Å². The summed E-state index contributed by atoms with van der Waals surface area (Å²) >= 11 is 0. The Kier molecular flexibility index (Phi) is 6.04. The minimum atomic E-state index is -0.608. The Labute approximate surface area is 200 Å². The summed E-state index contributed by atoms with van der Waals surface area (Å²) in [5.41, 5.74) is 5.90. The van der Waals surface area contributed by atoms with Crippen molar-refractivity contribution < 1.29 is 14.4 Å². The molecule has 176 valence electrons. The Morgan fingerprint density at radius 3 is 2.59 bits per heavy atom. The molecule has 0 bridgehead atoms. The van der Waals surface area contributed by atoms with Crippen LogP contribution in [0.4, 0.5) is 16.2 Å². The predicted molar refractivity (Wildman–Crippen MR) is 135 cm³/mol. The molecule has 0 saturated carbocycles. The average Bonchev–Trinajstić information content (AvgIpc) is 3.01. The molecule has 4 amide bonds. The molecule has 2 aromatic carbocycles. The van der Waals surface area contributed by atoms with Gasteiger partial charge < -0.3 is 15.5 Å². The largest absolute Gasteiger partial charge is 0.363 e. The molecule has 34 heavy (non-hydrogen) atoms. The lowest BCUT2D eigenvalue weighted by atomic mass is 9.88. The average molecular weight is 459 g/mol. The third-order valence-corrected chi connectivity index (χ3v) is 6.19. The summed E-state index contributed by atoms with van der Waals surface area (Å²) < 4.78 is 0. The first-order valence-electron chi connectivity index (χ1n) is 11.4. The lowest BCUT2D eigenvalue weighted by Crippen LogP contribution is -2.44. The number of allylic oxidation sites excluding steroid dienone is 1. The quantitative estimate of drug-likeness (QED) is 0.509. The molecular weight excluding hydrogens is 428 g/mol. The van der Waals surface area contributed by atoms with Crippen molar-refractivity contribution in [2.24, 2.45) is 0 Å². The Balaban J connectivity index is 1.52. The Hall–Kier alpha value is -3.87. The number of aryl methyl sites for hydroxylation is 1. The number of fused-ring (bicyclic) bond motifs is 1. The van der Waals surface area contributed by atoms with Crippen LogP contribution in [0.1, 0.15) is 44.4 Å². The maximum Gasteiger partial charge on any atom is 0.329 e. The molecule has 1 saturated heterocycles. The van der Waals surface area contributed by atoms with Gasteiger partial charge in [-0.05, 0) is 81.7 Å². The van der Waals surface area contributed by atoms with Gasteiger partial charge in [0.2, 0.25) is 5.91 Å². The van der Waals surface area contributed by atoms with Gasteiger partial charge >= 0.3 is 6.03 Å². The molecule has 0 aromatic heterocycles. The SMILES string of the molecule is CCN1c2ccc(/C=C3/NC(=O)N(CC(=O)Nc4cccc(C)c4)C3=O)cc2C(C)=CC1(C)C. The highest BCUT2D eigenvalue weighted by Gasteiger charge is 2.35. The number of urea groups is 1. The van der Waals surface area contributed by atoms with Crippen molar-refractivity contribution >= 4 is 40.9 Å². The highest BCUT2D eigenvalue weighted by Crippen LogP contribution is 2.39. The summed E-state index contributed by atoms with van der Waals surface area (Å²) in [5, 5.41) is 5.33. The Bertz CT molecular complexity index is 1240. The molecule has 7 heteroatoms. The molecule has 2 aliphatic heterocycles. The van der Waals surface area contributed by atoms with Crippen LogP contribution < -0.4 is 15.5 Å². The van der Waals surface area contributed by atoms with Crippen LogP contribution in [0.15, 0.2) is 54.2 Å². The van der Waals surface area contributed by atoms with Gasteiger partial charge in [0, 0.05) is 23.5 Å². The van der Waals surface area contributed by atoms with Gasteiger partial charge in [-0.25, -0.2) is 9.69 Å². The van der Waals surface area contributed by atoms with Crippen LogP contribution >= 0.6 is 0 Å². The van der Waals surface area contributed by atoms with E-state index in [1.54, 1.807) is 12.1 Å². The molecule has 0 atom stereocenters. The van der Waals surface area contributed by atoms with Gasteiger partial charge in [-0.15, -0.1) is 0 Å². The van der Waals surface area contributed by atoms with E-state index in [9.17, 15) is 14.4 Å². The molecule has 1 fully saturated rings. The number of carbonyl (C=O) groups is 3. The number of benzene rings is 2. The number of rotatable bonds is 5. The van der Waals surface area contributed by atoms with Crippen LogP contribution in [0.5, 0.6) is 0 Å². The Morgan fingerprint density at radius 2 is 1.88 bits per heavy atom. The summed E-state index contributed by atoms with van der Waals surface area (Å²) in [6.45, 7) is 11.0. The van der Waals surface area contributed by atoms with Gasteiger partial charge in [-0.2, -0.15) is 0 Å². The van der Waals surface area contributed by atoms with Crippen LogP contribution in [0.3, 0.4) is 0 Å². The first-order valence-corrected chi connectivity index (χ1v) is 11.4. The first-order chi connectivity index (χ1) is 16.1. The monoisotopic (exact) mass is 458 g/mol. The first kappa shape index (κ1) is 23.3. The molecule has 2 N–H and O–H groups in total. The lowest BCUT2D eigenvalue weighted by molar-refractivity contribution is -0.127. The minimum absolute atomic E-state index is 0.0826. The number of hydrogen-bond acceptors (Lipinski definition) is 4. The number of anilines is 2. The van der Waals surface area contributed by atoms with Gasteiger partial charge in [0.15, 0.2) is 0 Å². The molecule has 0 radical (unpaired) electrons. The summed E-state index contributed by atoms with van der Waals surface area (Å²) in [4.78, 5) is 41.0. The third-order valence-electron chi connectivity index (χ3n) is 6.19. The lowest BCUT2D eigenvalue weighted by Gasteiger charge is -2.42. The number of imide groups is 1. The standard InChI is InChI=1S/C27H30N4O3/c1-6-31-23-11-10-19(13-21(23)18(3)15-27(31,4)5)14-22-25(33)30(26(34)29-22)16-24(32)28-20-9-7-8-17(2)12-20/h7-15H,6,16H2,1-5H3,(H,28,32)(H,29,34)/b22-14+. The maximum absolute atomic E-state index is 12.9. The topological polar surface area (TPSA) is 81.8 Å². The number of carbonyl (C=O) groups excluding carboxylic acids is 3. The van der Waals surface area contributed by atoms with Crippen LogP contribution in [-0.2, 0) is 9.59 Å². The van der Waals surface area contributed by atoms with E-state index in [2.05, 4.69) is 55.4 Å². The predicted octanol–water partition coefficient (Wildman–Crippen LogP) is 4.55. The van der Waals surface area contributed by atoms with Crippen molar-refractivity contribution in [1.29, 1.82) is 0 Å². The molecular formula is C27H30N4O3. The molecule has 7 nitrogen and oxygen atoms in total. The van der Waals surface area contributed by atoms with E-state index in [0.29, 0.717) is 5.69 Å². The van der Waals surface area contributed by atoms with E-state index in [4.69, 9.17) is 0 Å². The van der Waals surface area contributed by atoms with Crippen molar-refractivity contribution in [1.82, 2.24) is 10.2 Å². The fourth-order valence-corrected chi connectivity index (χ4v) is 4.72. The zero-order valence-corrected chi connectivity index (χ0v) is 20.2. The van der Waals surface area contributed by atoms with E-state index in [-0.39, 0.29) is 17.8 Å². The molecule has 2 aliphatic rings. The zero-order chi connectivity index (χ0) is 24.6. The summed E-state index contributed by atoms with van der Waals surface area (Å²) in [5.74, 6) is -0.960. The minimum Gasteiger partial charge on any atom is -0.363 e. The third kappa shape index (κ3) is 4.46. The smallest absolute Gasteiger partial charge is 0.329 e. The second kappa shape index (κ2) is 8.82. The summed E-state index contributed by atoms with van der Waals surface area (Å²) in [6, 6.07) is 12.7. The van der Waals surface area contributed by atoms with Crippen LogP contribution in [0, 0.1) is 6.92 Å². The molecule has 2 heterocycles. The number of amides is 4. The van der Waals surface area contributed by atoms with Crippen molar-refractivity contribution in [3.8, 4) is 0 Å². The van der Waals surface area contributed by atoms with E-state index >= 15 is 0 Å². The van der Waals surface area contributed by atoms with E-state index in [0.717, 1.165) is 33.8 Å². The zero-order valence-electron chi connectivity index (χ0n) is 20.2. The van der Waals surface area contributed by atoms with Gasteiger partial charge in [0.1, 0.15) is 12.2 Å². The van der Waals surface area contributed by atoms with Crippen LogP contribution in [0.25, 0.3) is 11.6 Å². The fourth-order valence-electron chi connectivity index (χ4n) is 4.72. The van der Waals surface area contributed by atoms with Crippen LogP contribution in [-0.4, -0.2) is 41.4 Å². The summed E-state index contributed by atoms with van der Waals surface area (Å²) in [6.07, 6.45) is 3.90. The fraction of sp³-hybridized carbons (Fsp3) is 0.296. The second-order valence-electron chi connectivity index (χ2n) is 9.30. The highest BCUT2D eigenvalue weighted by atomic mass is 16.2. The van der Waals surface area contributed by atoms with Crippen molar-refractivity contribution in [3.63, 3.8) is 0 Å². The van der Waals surface area contributed by atoms with E-state index in [1.165, 1.54) is 5.57 Å². The highest BCUT2D eigenvalue weighted by molar-refractivity contribution is 6.16. The number of nitrogens with one attached hydrogen (secondary N) is 2. The van der Waals surface area contributed by atoms with Crippen molar-refractivity contribution in [3.05, 3.63) is 70.9 Å². The number of nitrogens with zero attached hydrogens (tertiary/aromatic N) is 2. The van der Waals surface area contributed by atoms with Gasteiger partial charge in [-0.3, -0.25) is 9.59 Å². The molecule has 0 unspecified atom stereocenters. The number of likely N-dealkylation sites (N-methyl/N-ethyl adjacent to an activating group) is 1. The van der Waals surface area contributed by atoms with Gasteiger partial charge in [0.05, 0.1) is 5.54 Å². The normalized spacial score (nSPS) is 18.0. The molecule has 0 spiro atoms. The van der Waals surface area contributed by atoms with E-state index in [1.807, 2.05) is 37.3 Å². The van der Waals surface area contributed by atoms with Crippen molar-refractivity contribution in [2.75, 3.05) is 23.3 Å². The molecule has 4 rings (SSSR count). The van der Waals surface area contributed by atoms with Gasteiger partial charge in [-0.1, -0.05) is 24.3 Å². The molecule has 2 aromatic rings. The maximum atomic E-state index is 12.9. The summed E-state index contributed by atoms with van der Waals surface area (Å²) in [7, 11) is 0. The number of hydrogen-bond donors (Lipinski definition) is 2. The van der Waals surface area contributed by atoms with Crippen LogP contribution in [0.2, 0.25) is 0 Å². The second-order valence-corrected chi connectivity index (χ2v) is 9.30. The Morgan fingerprint density at radius 1 is 1.12 bits per heavy atom. The van der Waals surface area contributed by atoms with Crippen molar-refractivity contribution in [2.45, 2.75) is 40.2 Å². The molecule has 0 aliphatic carbocycles. The van der Waals surface area contributed by atoms with E-state index < -0.39 is 17.8 Å².